The van der Waals surface area contributed by atoms with Crippen LogP contribution < -0.4 is 22.3 Å². The second-order valence-corrected chi connectivity index (χ2v) is 4.30. The van der Waals surface area contributed by atoms with E-state index in [2.05, 4.69) is 15.7 Å². The number of hydrogen-bond donors (Lipinski definition) is 4. The highest BCUT2D eigenvalue weighted by atomic mass is 19.1. The van der Waals surface area contributed by atoms with Crippen molar-refractivity contribution in [2.45, 2.75) is 6.92 Å². The third kappa shape index (κ3) is 3.04. The van der Waals surface area contributed by atoms with E-state index in [0.29, 0.717) is 22.6 Å². The lowest BCUT2D eigenvalue weighted by Crippen LogP contribution is -2.16. The number of aryl methyl sites for hydroxylation is 1. The van der Waals surface area contributed by atoms with Gasteiger partial charge >= 0.3 is 0 Å². The van der Waals surface area contributed by atoms with Crippen molar-refractivity contribution in [1.29, 1.82) is 0 Å². The van der Waals surface area contributed by atoms with Crippen LogP contribution in [0.1, 0.15) is 11.1 Å². The summed E-state index contributed by atoms with van der Waals surface area (Å²) in [6.45, 7) is 1.83. The summed E-state index contributed by atoms with van der Waals surface area (Å²) < 4.78 is 13.9. The van der Waals surface area contributed by atoms with E-state index >= 15 is 0 Å². The van der Waals surface area contributed by atoms with Crippen LogP contribution in [-0.4, -0.2) is 4.98 Å². The van der Waals surface area contributed by atoms with Gasteiger partial charge < -0.3 is 16.5 Å². The minimum absolute atomic E-state index is 0.334. The largest absolute Gasteiger partial charge is 0.397 e. The molecule has 1 heterocycles. The average Bonchev–Trinajstić information content (AvgIpc) is 2.43. The number of hydrogen-bond acceptors (Lipinski definition) is 5. The van der Waals surface area contributed by atoms with Crippen LogP contribution in [-0.2, 0) is 0 Å². The Balaban J connectivity index is 2.36. The first-order valence-corrected chi connectivity index (χ1v) is 6.01. The molecule has 5 nitrogen and oxygen atoms in total. The fourth-order valence-corrected chi connectivity index (χ4v) is 1.78. The highest BCUT2D eigenvalue weighted by molar-refractivity contribution is 5.77. The fourth-order valence-electron chi connectivity index (χ4n) is 1.78. The van der Waals surface area contributed by atoms with Crippen LogP contribution in [0.2, 0.25) is 0 Å². The van der Waals surface area contributed by atoms with Gasteiger partial charge in [-0.3, -0.25) is 10.8 Å². The summed E-state index contributed by atoms with van der Waals surface area (Å²) in [5, 5.41) is 2.98. The van der Waals surface area contributed by atoms with Crippen molar-refractivity contribution in [2.24, 2.45) is 11.6 Å². The van der Waals surface area contributed by atoms with Crippen molar-refractivity contribution >= 4 is 17.1 Å². The lowest BCUT2D eigenvalue weighted by atomic mass is 10.1. The summed E-state index contributed by atoms with van der Waals surface area (Å²) in [5.41, 5.74) is 11.2. The quantitative estimate of drug-likeness (QED) is 0.505. The van der Waals surface area contributed by atoms with Crippen LogP contribution in [0.15, 0.2) is 42.9 Å². The standard InChI is InChI=1S/C14H16FN5/c1-9-2-3-13(11(15)6-9)20-14-8-18-5-4-10(14)12(16)7-19-17/h2-8,19-20H,16-17H2,1H3/b12-7-. The maximum atomic E-state index is 13.9. The number of benzene rings is 1. The van der Waals surface area contributed by atoms with Crippen LogP contribution in [0.4, 0.5) is 15.8 Å². The molecule has 0 aliphatic heterocycles. The third-order valence-corrected chi connectivity index (χ3v) is 2.76. The molecular weight excluding hydrogens is 257 g/mol. The van der Waals surface area contributed by atoms with Crippen LogP contribution in [0, 0.1) is 12.7 Å². The zero-order valence-corrected chi connectivity index (χ0v) is 11.0. The lowest BCUT2D eigenvalue weighted by Gasteiger charge is -2.12. The highest BCUT2D eigenvalue weighted by Gasteiger charge is 2.08. The van der Waals surface area contributed by atoms with Gasteiger partial charge in [0.1, 0.15) is 5.82 Å². The van der Waals surface area contributed by atoms with E-state index in [9.17, 15) is 4.39 Å². The number of nitrogens with one attached hydrogen (secondary N) is 2. The van der Waals surface area contributed by atoms with Crippen LogP contribution in [0.25, 0.3) is 5.70 Å². The number of rotatable bonds is 4. The monoisotopic (exact) mass is 273 g/mol. The Bertz CT molecular complexity index is 639. The summed E-state index contributed by atoms with van der Waals surface area (Å²) >= 11 is 0. The molecule has 0 unspecified atom stereocenters. The summed E-state index contributed by atoms with van der Waals surface area (Å²) in [5.74, 6) is 4.87. The van der Waals surface area contributed by atoms with Crippen molar-refractivity contribution < 1.29 is 4.39 Å². The van der Waals surface area contributed by atoms with Gasteiger partial charge in [-0.15, -0.1) is 0 Å². The number of nitrogens with zero attached hydrogens (tertiary/aromatic N) is 1. The normalized spacial score (nSPS) is 11.2. The Kier molecular flexibility index (Phi) is 4.17. The first kappa shape index (κ1) is 13.8. The molecule has 2 rings (SSSR count). The minimum atomic E-state index is -0.334. The molecule has 2 aromatic rings. The summed E-state index contributed by atoms with van der Waals surface area (Å²) in [7, 11) is 0. The second kappa shape index (κ2) is 6.03. The number of nitrogens with two attached hydrogens (primary N) is 2. The van der Waals surface area contributed by atoms with Gasteiger partial charge in [-0.2, -0.15) is 0 Å². The Morgan fingerprint density at radius 3 is 2.80 bits per heavy atom. The molecule has 0 bridgehead atoms. The first-order valence-electron chi connectivity index (χ1n) is 6.01. The van der Waals surface area contributed by atoms with Crippen LogP contribution >= 0.6 is 0 Å². The van der Waals surface area contributed by atoms with Crippen molar-refractivity contribution in [3.05, 3.63) is 59.8 Å². The number of pyridine rings is 1. The van der Waals surface area contributed by atoms with Gasteiger partial charge in [-0.1, -0.05) is 6.07 Å². The summed E-state index contributed by atoms with van der Waals surface area (Å²) in [4.78, 5) is 4.01. The molecule has 104 valence electrons. The molecule has 0 saturated carbocycles. The molecule has 20 heavy (non-hydrogen) atoms. The molecule has 0 radical (unpaired) electrons. The van der Waals surface area contributed by atoms with Gasteiger partial charge in [0.2, 0.25) is 0 Å². The van der Waals surface area contributed by atoms with E-state index in [4.69, 9.17) is 11.6 Å². The number of hydrazine groups is 1. The van der Waals surface area contributed by atoms with Crippen LogP contribution in [0.5, 0.6) is 0 Å². The van der Waals surface area contributed by atoms with E-state index in [1.54, 1.807) is 24.5 Å². The molecular formula is C14H16FN5. The predicted molar refractivity (Wildman–Crippen MR) is 78.1 cm³/mol. The van der Waals surface area contributed by atoms with Gasteiger partial charge in [0.05, 0.1) is 23.3 Å². The molecule has 0 aliphatic rings. The third-order valence-electron chi connectivity index (χ3n) is 2.76. The maximum Gasteiger partial charge on any atom is 0.146 e. The van der Waals surface area contributed by atoms with Gasteiger partial charge in [0.15, 0.2) is 0 Å². The number of aromatic nitrogens is 1. The molecule has 0 amide bonds. The van der Waals surface area contributed by atoms with Crippen molar-refractivity contribution in [1.82, 2.24) is 10.4 Å². The minimum Gasteiger partial charge on any atom is -0.397 e. The van der Waals surface area contributed by atoms with Crippen molar-refractivity contribution in [3.63, 3.8) is 0 Å². The molecule has 0 aliphatic carbocycles. The topological polar surface area (TPSA) is 89.0 Å². The maximum absolute atomic E-state index is 13.9. The smallest absolute Gasteiger partial charge is 0.146 e. The van der Waals surface area contributed by atoms with Gasteiger partial charge in [-0.25, -0.2) is 4.39 Å². The summed E-state index contributed by atoms with van der Waals surface area (Å²) in [6.07, 6.45) is 4.63. The van der Waals surface area contributed by atoms with E-state index in [1.165, 1.54) is 12.3 Å². The average molecular weight is 273 g/mol. The van der Waals surface area contributed by atoms with Crippen molar-refractivity contribution in [3.8, 4) is 0 Å². The zero-order valence-electron chi connectivity index (χ0n) is 11.0. The second-order valence-electron chi connectivity index (χ2n) is 4.30. The Hall–Kier alpha value is -2.60. The van der Waals surface area contributed by atoms with Gasteiger partial charge in [0, 0.05) is 18.0 Å². The number of anilines is 2. The van der Waals surface area contributed by atoms with E-state index < -0.39 is 0 Å². The predicted octanol–water partition coefficient (Wildman–Crippen LogP) is 1.99. The molecule has 1 aromatic heterocycles. The molecule has 0 fully saturated rings. The van der Waals surface area contributed by atoms with E-state index in [-0.39, 0.29) is 5.82 Å². The molecule has 0 spiro atoms. The van der Waals surface area contributed by atoms with Gasteiger partial charge in [-0.05, 0) is 30.7 Å². The molecule has 6 N–H and O–H groups in total. The lowest BCUT2D eigenvalue weighted by molar-refractivity contribution is 0.630. The summed E-state index contributed by atoms with van der Waals surface area (Å²) in [6, 6.07) is 6.67. The SMILES string of the molecule is Cc1ccc(Nc2cnccc2/C(N)=C/NN)c(F)c1. The molecule has 6 heteroatoms. The molecule has 1 aromatic carbocycles. The first-order chi connectivity index (χ1) is 9.61. The molecule has 0 atom stereocenters. The number of halogens is 1. The fraction of sp³-hybridized carbons (Fsp3) is 0.0714. The van der Waals surface area contributed by atoms with Crippen molar-refractivity contribution in [2.75, 3.05) is 5.32 Å². The van der Waals surface area contributed by atoms with E-state index in [0.717, 1.165) is 5.56 Å². The Morgan fingerprint density at radius 1 is 1.30 bits per heavy atom. The Labute approximate surface area is 116 Å². The molecule has 0 saturated heterocycles. The van der Waals surface area contributed by atoms with E-state index in [1.807, 2.05) is 13.0 Å². The highest BCUT2D eigenvalue weighted by Crippen LogP contribution is 2.25. The Morgan fingerprint density at radius 2 is 2.10 bits per heavy atom. The van der Waals surface area contributed by atoms with Gasteiger partial charge in [0.25, 0.3) is 0 Å². The van der Waals surface area contributed by atoms with Crippen LogP contribution in [0.3, 0.4) is 0 Å². The zero-order chi connectivity index (χ0) is 14.5.